The summed E-state index contributed by atoms with van der Waals surface area (Å²) in [7, 11) is 0. The number of carboxylic acid groups (broad SMARTS) is 1. The highest BCUT2D eigenvalue weighted by atomic mass is 32.2. The zero-order valence-electron chi connectivity index (χ0n) is 6.56. The fourth-order valence-corrected chi connectivity index (χ4v) is 1.47. The molecule has 1 rings (SSSR count). The second-order valence-corrected chi connectivity index (χ2v) is 3.27. The third-order valence-electron chi connectivity index (χ3n) is 1.33. The van der Waals surface area contributed by atoms with E-state index in [2.05, 4.69) is 0 Å². The quantitative estimate of drug-likeness (QED) is 0.705. The molecule has 13 heavy (non-hydrogen) atoms. The summed E-state index contributed by atoms with van der Waals surface area (Å²) in [6, 6.07) is 6.21. The topological polar surface area (TPSA) is 80.4 Å². The first-order valence-electron chi connectivity index (χ1n) is 3.41. The summed E-state index contributed by atoms with van der Waals surface area (Å²) in [5, 5.41) is 8.10. The van der Waals surface area contributed by atoms with Crippen molar-refractivity contribution in [2.45, 2.75) is 4.90 Å². The highest BCUT2D eigenvalue weighted by molar-refractivity contribution is 8.13. The molecule has 3 N–H and O–H groups in total. The molecule has 0 unspecified atom stereocenters. The van der Waals surface area contributed by atoms with Gasteiger partial charge in [-0.2, -0.15) is 0 Å². The second kappa shape index (κ2) is 3.95. The molecule has 0 spiro atoms. The third-order valence-corrected chi connectivity index (χ3v) is 2.11. The van der Waals surface area contributed by atoms with E-state index >= 15 is 0 Å². The lowest BCUT2D eigenvalue weighted by molar-refractivity contribution is 0.0693. The standard InChI is InChI=1S/C8H7NO3S/c9-8(12)13-6-4-2-1-3-5(6)7(10)11/h1-4H,(H2,9,12)(H,10,11). The van der Waals surface area contributed by atoms with E-state index in [1.807, 2.05) is 0 Å². The molecule has 0 atom stereocenters. The molecule has 0 radical (unpaired) electrons. The van der Waals surface area contributed by atoms with E-state index in [1.54, 1.807) is 18.2 Å². The minimum atomic E-state index is -1.07. The zero-order chi connectivity index (χ0) is 9.84. The highest BCUT2D eigenvalue weighted by Crippen LogP contribution is 2.22. The molecule has 0 fully saturated rings. The lowest BCUT2D eigenvalue weighted by Gasteiger charge is -2.00. The molecule has 0 aliphatic heterocycles. The zero-order valence-corrected chi connectivity index (χ0v) is 7.38. The molecule has 1 amide bonds. The molecule has 0 bridgehead atoms. The number of thioether (sulfide) groups is 1. The normalized spacial score (nSPS) is 9.54. The number of carbonyl (C=O) groups excluding carboxylic acids is 1. The van der Waals surface area contributed by atoms with Crippen molar-refractivity contribution in [2.24, 2.45) is 5.73 Å². The maximum Gasteiger partial charge on any atom is 0.336 e. The number of carbonyl (C=O) groups is 2. The average Bonchev–Trinajstić information content (AvgIpc) is 2.03. The number of carboxylic acids is 1. The predicted molar refractivity (Wildman–Crippen MR) is 48.8 cm³/mol. The molecular weight excluding hydrogens is 190 g/mol. The van der Waals surface area contributed by atoms with Crippen LogP contribution in [0.15, 0.2) is 29.2 Å². The van der Waals surface area contributed by atoms with Crippen LogP contribution in [-0.4, -0.2) is 16.3 Å². The summed E-state index contributed by atoms with van der Waals surface area (Å²) >= 11 is 0.711. The monoisotopic (exact) mass is 197 g/mol. The van der Waals surface area contributed by atoms with Gasteiger partial charge < -0.3 is 10.8 Å². The molecule has 0 aliphatic carbocycles. The molecule has 0 aromatic heterocycles. The van der Waals surface area contributed by atoms with E-state index in [1.165, 1.54) is 6.07 Å². The maximum absolute atomic E-state index is 10.6. The van der Waals surface area contributed by atoms with Gasteiger partial charge in [0, 0.05) is 4.90 Å². The minimum Gasteiger partial charge on any atom is -0.478 e. The SMILES string of the molecule is NC(=O)Sc1ccccc1C(=O)O. The van der Waals surface area contributed by atoms with Crippen LogP contribution in [-0.2, 0) is 0 Å². The van der Waals surface area contributed by atoms with E-state index in [0.717, 1.165) is 0 Å². The van der Waals surface area contributed by atoms with Gasteiger partial charge in [0.05, 0.1) is 5.56 Å². The largest absolute Gasteiger partial charge is 0.478 e. The van der Waals surface area contributed by atoms with E-state index in [0.29, 0.717) is 16.7 Å². The summed E-state index contributed by atoms with van der Waals surface area (Å²) in [6.07, 6.45) is 0. The average molecular weight is 197 g/mol. The van der Waals surface area contributed by atoms with Crippen molar-refractivity contribution in [3.63, 3.8) is 0 Å². The Bertz CT molecular complexity index is 351. The van der Waals surface area contributed by atoms with Gasteiger partial charge in [0.1, 0.15) is 0 Å². The summed E-state index contributed by atoms with van der Waals surface area (Å²) in [5.41, 5.74) is 5.01. The van der Waals surface area contributed by atoms with Gasteiger partial charge in [-0.1, -0.05) is 12.1 Å². The Morgan fingerprint density at radius 2 is 1.92 bits per heavy atom. The van der Waals surface area contributed by atoms with E-state index in [4.69, 9.17) is 10.8 Å². The maximum atomic E-state index is 10.6. The summed E-state index contributed by atoms with van der Waals surface area (Å²) < 4.78 is 0. The van der Waals surface area contributed by atoms with Crippen molar-refractivity contribution in [3.8, 4) is 0 Å². The van der Waals surface area contributed by atoms with Gasteiger partial charge in [-0.25, -0.2) is 4.79 Å². The highest BCUT2D eigenvalue weighted by Gasteiger charge is 2.10. The van der Waals surface area contributed by atoms with Crippen LogP contribution in [0, 0.1) is 0 Å². The van der Waals surface area contributed by atoms with Crippen molar-refractivity contribution < 1.29 is 14.7 Å². The van der Waals surface area contributed by atoms with Gasteiger partial charge in [0.15, 0.2) is 0 Å². The van der Waals surface area contributed by atoms with Gasteiger partial charge in [-0.15, -0.1) is 0 Å². The summed E-state index contributed by atoms with van der Waals surface area (Å²) in [5.74, 6) is -1.07. The van der Waals surface area contributed by atoms with Crippen LogP contribution < -0.4 is 5.73 Å². The Kier molecular flexibility index (Phi) is 2.92. The molecule has 4 nitrogen and oxygen atoms in total. The molecule has 0 aliphatic rings. The fourth-order valence-electron chi connectivity index (χ4n) is 0.841. The van der Waals surface area contributed by atoms with Crippen molar-refractivity contribution in [1.29, 1.82) is 0 Å². The lowest BCUT2D eigenvalue weighted by atomic mass is 10.2. The number of primary amides is 1. The Balaban J connectivity index is 3.04. The molecular formula is C8H7NO3S. The molecule has 0 saturated carbocycles. The van der Waals surface area contributed by atoms with Crippen molar-refractivity contribution >= 4 is 23.0 Å². The summed E-state index contributed by atoms with van der Waals surface area (Å²) in [6.45, 7) is 0. The number of hydrogen-bond donors (Lipinski definition) is 2. The second-order valence-electron chi connectivity index (χ2n) is 2.22. The van der Waals surface area contributed by atoms with Crippen LogP contribution in [0.5, 0.6) is 0 Å². The third kappa shape index (κ3) is 2.48. The minimum absolute atomic E-state index is 0.0892. The first-order chi connectivity index (χ1) is 6.11. The number of aromatic carboxylic acids is 1. The summed E-state index contributed by atoms with van der Waals surface area (Å²) in [4.78, 5) is 21.5. The van der Waals surface area contributed by atoms with Gasteiger partial charge in [0.25, 0.3) is 5.24 Å². The van der Waals surface area contributed by atoms with Crippen LogP contribution in [0.3, 0.4) is 0 Å². The van der Waals surface area contributed by atoms with Gasteiger partial charge in [-0.05, 0) is 23.9 Å². The Labute approximate surface area is 78.7 Å². The molecule has 0 heterocycles. The Morgan fingerprint density at radius 3 is 2.46 bits per heavy atom. The molecule has 1 aromatic carbocycles. The number of benzene rings is 1. The number of rotatable bonds is 2. The number of amides is 1. The van der Waals surface area contributed by atoms with Crippen LogP contribution in [0.25, 0.3) is 0 Å². The lowest BCUT2D eigenvalue weighted by Crippen LogP contribution is -2.05. The van der Waals surface area contributed by atoms with Gasteiger partial charge in [-0.3, -0.25) is 4.79 Å². The smallest absolute Gasteiger partial charge is 0.336 e. The van der Waals surface area contributed by atoms with E-state index < -0.39 is 11.2 Å². The van der Waals surface area contributed by atoms with Crippen molar-refractivity contribution in [1.82, 2.24) is 0 Å². The first kappa shape index (κ1) is 9.60. The molecule has 0 saturated heterocycles. The van der Waals surface area contributed by atoms with E-state index in [-0.39, 0.29) is 5.56 Å². The first-order valence-corrected chi connectivity index (χ1v) is 4.22. The van der Waals surface area contributed by atoms with Gasteiger partial charge in [0.2, 0.25) is 0 Å². The molecule has 1 aromatic rings. The molecule has 5 heteroatoms. The van der Waals surface area contributed by atoms with Crippen LogP contribution in [0.1, 0.15) is 10.4 Å². The Morgan fingerprint density at radius 1 is 1.31 bits per heavy atom. The van der Waals surface area contributed by atoms with Crippen LogP contribution >= 0.6 is 11.8 Å². The Hall–Kier alpha value is -1.49. The van der Waals surface area contributed by atoms with Crippen LogP contribution in [0.4, 0.5) is 4.79 Å². The van der Waals surface area contributed by atoms with Crippen LogP contribution in [0.2, 0.25) is 0 Å². The number of hydrogen-bond acceptors (Lipinski definition) is 3. The number of nitrogens with two attached hydrogens (primary N) is 1. The van der Waals surface area contributed by atoms with E-state index in [9.17, 15) is 9.59 Å². The predicted octanol–water partition coefficient (Wildman–Crippen LogP) is 1.56. The van der Waals surface area contributed by atoms with Gasteiger partial charge >= 0.3 is 5.97 Å². The van der Waals surface area contributed by atoms with Crippen molar-refractivity contribution in [3.05, 3.63) is 29.8 Å². The fraction of sp³-hybridized carbons (Fsp3) is 0. The molecule has 68 valence electrons. The van der Waals surface area contributed by atoms with Crippen molar-refractivity contribution in [2.75, 3.05) is 0 Å².